The standard InChI is InChI=1S/C20H19BrN2O2/c1-13(2)23(20(25)14-7-9-16(21)10-8-14)12-15-11-19(24)22-18-6-4-3-5-17(15)18/h3-11,13H,12H2,1-2H3,(H,22,24). The van der Waals surface area contributed by atoms with Crippen molar-refractivity contribution in [1.82, 2.24) is 9.88 Å². The molecule has 5 heteroatoms. The lowest BCUT2D eigenvalue weighted by atomic mass is 10.1. The number of nitrogens with one attached hydrogen (secondary N) is 1. The summed E-state index contributed by atoms with van der Waals surface area (Å²) in [5, 5.41) is 0.955. The van der Waals surface area contributed by atoms with E-state index in [1.54, 1.807) is 23.1 Å². The number of fused-ring (bicyclic) bond motifs is 1. The first kappa shape index (κ1) is 17.4. The molecule has 128 valence electrons. The molecule has 0 fully saturated rings. The number of para-hydroxylation sites is 1. The molecule has 0 unspecified atom stereocenters. The van der Waals surface area contributed by atoms with Gasteiger partial charge in [-0.25, -0.2) is 0 Å². The van der Waals surface area contributed by atoms with E-state index in [1.165, 1.54) is 0 Å². The highest BCUT2D eigenvalue weighted by atomic mass is 79.9. The molecule has 0 aliphatic heterocycles. The molecule has 4 nitrogen and oxygen atoms in total. The van der Waals surface area contributed by atoms with Gasteiger partial charge in [-0.05, 0) is 49.7 Å². The minimum absolute atomic E-state index is 0.00852. The first-order chi connectivity index (χ1) is 12.0. The Balaban J connectivity index is 1.99. The number of H-pyrrole nitrogens is 1. The number of hydrogen-bond acceptors (Lipinski definition) is 2. The van der Waals surface area contributed by atoms with Crippen molar-refractivity contribution in [3.8, 4) is 0 Å². The molecule has 3 rings (SSSR count). The number of carbonyl (C=O) groups is 1. The Hall–Kier alpha value is -2.40. The van der Waals surface area contributed by atoms with E-state index < -0.39 is 0 Å². The molecule has 0 atom stereocenters. The number of nitrogens with zero attached hydrogens (tertiary/aromatic N) is 1. The number of aromatic nitrogens is 1. The Morgan fingerprint density at radius 1 is 1.12 bits per heavy atom. The van der Waals surface area contributed by atoms with Crippen LogP contribution in [0.5, 0.6) is 0 Å². The molecule has 0 saturated carbocycles. The second kappa shape index (κ2) is 7.23. The Bertz CT molecular complexity index is 961. The fourth-order valence-electron chi connectivity index (χ4n) is 2.84. The van der Waals surface area contributed by atoms with Crippen molar-refractivity contribution in [2.75, 3.05) is 0 Å². The van der Waals surface area contributed by atoms with Gasteiger partial charge in [0.15, 0.2) is 0 Å². The van der Waals surface area contributed by atoms with Crippen LogP contribution in [0.3, 0.4) is 0 Å². The SMILES string of the molecule is CC(C)N(Cc1cc(=O)[nH]c2ccccc12)C(=O)c1ccc(Br)cc1. The van der Waals surface area contributed by atoms with Crippen LogP contribution >= 0.6 is 15.9 Å². The van der Waals surface area contributed by atoms with Gasteiger partial charge in [0.25, 0.3) is 5.91 Å². The predicted molar refractivity (Wildman–Crippen MR) is 104 cm³/mol. The van der Waals surface area contributed by atoms with Crippen LogP contribution in [0.1, 0.15) is 29.8 Å². The molecule has 0 spiro atoms. The molecule has 0 aliphatic carbocycles. The number of pyridine rings is 1. The van der Waals surface area contributed by atoms with Crippen molar-refractivity contribution < 1.29 is 4.79 Å². The van der Waals surface area contributed by atoms with Crippen LogP contribution in [-0.4, -0.2) is 21.8 Å². The summed E-state index contributed by atoms with van der Waals surface area (Å²) in [6.07, 6.45) is 0. The number of rotatable bonds is 4. The predicted octanol–water partition coefficient (Wildman–Crippen LogP) is 4.34. The lowest BCUT2D eigenvalue weighted by Crippen LogP contribution is -2.36. The van der Waals surface area contributed by atoms with Crippen molar-refractivity contribution in [3.05, 3.63) is 80.6 Å². The molecule has 1 heterocycles. The van der Waals surface area contributed by atoms with Crippen LogP contribution in [0, 0.1) is 0 Å². The second-order valence-electron chi connectivity index (χ2n) is 6.24. The van der Waals surface area contributed by atoms with Crippen molar-refractivity contribution in [3.63, 3.8) is 0 Å². The van der Waals surface area contributed by atoms with Crippen LogP contribution < -0.4 is 5.56 Å². The third kappa shape index (κ3) is 3.82. The van der Waals surface area contributed by atoms with Gasteiger partial charge in [-0.3, -0.25) is 9.59 Å². The first-order valence-electron chi connectivity index (χ1n) is 8.13. The van der Waals surface area contributed by atoms with Gasteiger partial charge in [0.2, 0.25) is 5.56 Å². The fraction of sp³-hybridized carbons (Fsp3) is 0.200. The van der Waals surface area contributed by atoms with E-state index in [9.17, 15) is 9.59 Å². The van der Waals surface area contributed by atoms with Gasteiger partial charge in [0.05, 0.1) is 0 Å². The Morgan fingerprint density at radius 2 is 1.80 bits per heavy atom. The lowest BCUT2D eigenvalue weighted by molar-refractivity contribution is 0.0691. The molecular formula is C20H19BrN2O2. The molecule has 25 heavy (non-hydrogen) atoms. The first-order valence-corrected chi connectivity index (χ1v) is 8.92. The van der Waals surface area contributed by atoms with Crippen molar-refractivity contribution in [2.24, 2.45) is 0 Å². The summed E-state index contributed by atoms with van der Waals surface area (Å²) in [5.41, 5.74) is 2.10. The summed E-state index contributed by atoms with van der Waals surface area (Å²) in [5.74, 6) is -0.0492. The van der Waals surface area contributed by atoms with E-state index in [4.69, 9.17) is 0 Å². The summed E-state index contributed by atoms with van der Waals surface area (Å²) in [6.45, 7) is 4.34. The molecule has 1 N–H and O–H groups in total. The normalized spacial score (nSPS) is 11.0. The van der Waals surface area contributed by atoms with Crippen molar-refractivity contribution >= 4 is 32.7 Å². The van der Waals surface area contributed by atoms with Gasteiger partial charge in [-0.15, -0.1) is 0 Å². The summed E-state index contributed by atoms with van der Waals surface area (Å²) in [4.78, 5) is 29.5. The summed E-state index contributed by atoms with van der Waals surface area (Å²) >= 11 is 3.39. The maximum absolute atomic E-state index is 12.9. The smallest absolute Gasteiger partial charge is 0.254 e. The second-order valence-corrected chi connectivity index (χ2v) is 7.15. The van der Waals surface area contributed by atoms with E-state index in [2.05, 4.69) is 20.9 Å². The lowest BCUT2D eigenvalue weighted by Gasteiger charge is -2.27. The number of amides is 1. The quantitative estimate of drug-likeness (QED) is 0.710. The third-order valence-corrected chi connectivity index (χ3v) is 4.68. The molecule has 0 bridgehead atoms. The molecule has 3 aromatic rings. The summed E-state index contributed by atoms with van der Waals surface area (Å²) in [7, 11) is 0. The van der Waals surface area contributed by atoms with Gasteiger partial charge in [-0.1, -0.05) is 34.1 Å². The number of aromatic amines is 1. The highest BCUT2D eigenvalue weighted by Gasteiger charge is 2.20. The van der Waals surface area contributed by atoms with Crippen LogP contribution in [0.25, 0.3) is 10.9 Å². The average molecular weight is 399 g/mol. The van der Waals surface area contributed by atoms with Gasteiger partial charge >= 0.3 is 0 Å². The van der Waals surface area contributed by atoms with Crippen LogP contribution in [0.4, 0.5) is 0 Å². The zero-order chi connectivity index (χ0) is 18.0. The number of halogens is 1. The van der Waals surface area contributed by atoms with E-state index in [0.29, 0.717) is 12.1 Å². The number of benzene rings is 2. The number of hydrogen-bond donors (Lipinski definition) is 1. The molecule has 0 radical (unpaired) electrons. The van der Waals surface area contributed by atoms with E-state index in [1.807, 2.05) is 50.2 Å². The molecule has 0 saturated heterocycles. The molecule has 2 aromatic carbocycles. The minimum Gasteiger partial charge on any atom is -0.332 e. The molecule has 1 aromatic heterocycles. The Morgan fingerprint density at radius 3 is 2.48 bits per heavy atom. The molecular weight excluding hydrogens is 380 g/mol. The fourth-order valence-corrected chi connectivity index (χ4v) is 3.10. The molecule has 0 aliphatic rings. The maximum Gasteiger partial charge on any atom is 0.254 e. The zero-order valence-corrected chi connectivity index (χ0v) is 15.7. The van der Waals surface area contributed by atoms with E-state index >= 15 is 0 Å². The van der Waals surface area contributed by atoms with E-state index in [-0.39, 0.29) is 17.5 Å². The Kier molecular flexibility index (Phi) is 5.04. The third-order valence-electron chi connectivity index (χ3n) is 4.15. The molecule has 1 amide bonds. The van der Waals surface area contributed by atoms with Gasteiger partial charge in [-0.2, -0.15) is 0 Å². The Labute approximate surface area is 154 Å². The summed E-state index contributed by atoms with van der Waals surface area (Å²) in [6, 6.07) is 16.6. The van der Waals surface area contributed by atoms with Crippen LogP contribution in [0.2, 0.25) is 0 Å². The van der Waals surface area contributed by atoms with Gasteiger partial charge in [0, 0.05) is 39.6 Å². The highest BCUT2D eigenvalue weighted by molar-refractivity contribution is 9.10. The minimum atomic E-state index is -0.159. The maximum atomic E-state index is 12.9. The van der Waals surface area contributed by atoms with Gasteiger partial charge < -0.3 is 9.88 Å². The van der Waals surface area contributed by atoms with E-state index in [0.717, 1.165) is 20.9 Å². The highest BCUT2D eigenvalue weighted by Crippen LogP contribution is 2.20. The monoisotopic (exact) mass is 398 g/mol. The largest absolute Gasteiger partial charge is 0.332 e. The zero-order valence-electron chi connectivity index (χ0n) is 14.1. The van der Waals surface area contributed by atoms with Crippen molar-refractivity contribution in [2.45, 2.75) is 26.4 Å². The van der Waals surface area contributed by atoms with Crippen LogP contribution in [-0.2, 0) is 6.54 Å². The van der Waals surface area contributed by atoms with Crippen LogP contribution in [0.15, 0.2) is 63.9 Å². The number of carbonyl (C=O) groups excluding carboxylic acids is 1. The van der Waals surface area contributed by atoms with Gasteiger partial charge in [0.1, 0.15) is 0 Å². The topological polar surface area (TPSA) is 53.2 Å². The summed E-state index contributed by atoms with van der Waals surface area (Å²) < 4.78 is 0.931. The average Bonchev–Trinajstić information content (AvgIpc) is 2.59. The van der Waals surface area contributed by atoms with Crippen molar-refractivity contribution in [1.29, 1.82) is 0 Å².